The number of fused-ring (bicyclic) bond motifs is 1. The zero-order chi connectivity index (χ0) is 14.1. The van der Waals surface area contributed by atoms with Crippen molar-refractivity contribution in [2.24, 2.45) is 0 Å². The molecule has 1 aromatic carbocycles. The zero-order valence-electron chi connectivity index (χ0n) is 12.0. The van der Waals surface area contributed by atoms with Crippen LogP contribution in [0.15, 0.2) is 41.5 Å². The van der Waals surface area contributed by atoms with Crippen molar-refractivity contribution in [2.45, 2.75) is 39.0 Å². The number of ether oxygens (including phenoxy) is 1. The minimum Gasteiger partial charge on any atom is -0.371 e. The lowest BCUT2D eigenvalue weighted by Crippen LogP contribution is -2.29. The van der Waals surface area contributed by atoms with Gasteiger partial charge in [-0.15, -0.1) is 0 Å². The van der Waals surface area contributed by atoms with Crippen LogP contribution in [0, 0.1) is 0 Å². The van der Waals surface area contributed by atoms with E-state index in [9.17, 15) is 4.79 Å². The van der Waals surface area contributed by atoms with E-state index in [4.69, 9.17) is 4.74 Å². The van der Waals surface area contributed by atoms with E-state index >= 15 is 0 Å². The maximum absolute atomic E-state index is 12.3. The second-order valence-corrected chi connectivity index (χ2v) is 5.54. The van der Waals surface area contributed by atoms with Crippen LogP contribution in [0.1, 0.15) is 37.1 Å². The van der Waals surface area contributed by atoms with E-state index < -0.39 is 0 Å². The summed E-state index contributed by atoms with van der Waals surface area (Å²) in [5.41, 5.74) is 2.58. The third kappa shape index (κ3) is 2.31. The van der Waals surface area contributed by atoms with Gasteiger partial charge in [0.15, 0.2) is 0 Å². The highest BCUT2D eigenvalue weighted by molar-refractivity contribution is 5.30. The molecule has 20 heavy (non-hydrogen) atoms. The van der Waals surface area contributed by atoms with E-state index in [0.717, 1.165) is 13.0 Å². The largest absolute Gasteiger partial charge is 0.371 e. The van der Waals surface area contributed by atoms with Gasteiger partial charge in [0.1, 0.15) is 6.10 Å². The standard InChI is InChI=1S/C16H20N2O2/c1-12(2)18-9-8-17(16(18)19)11-15-14-6-4-3-5-13(14)7-10-20-15/h3-6,8-9,12,15H,7,10-11H2,1-2H3. The molecule has 1 aromatic heterocycles. The molecule has 0 saturated carbocycles. The topological polar surface area (TPSA) is 36.2 Å². The van der Waals surface area contributed by atoms with Crippen LogP contribution in [0.2, 0.25) is 0 Å². The summed E-state index contributed by atoms with van der Waals surface area (Å²) in [5, 5.41) is 0. The van der Waals surface area contributed by atoms with Crippen LogP contribution >= 0.6 is 0 Å². The molecule has 2 heterocycles. The zero-order valence-corrected chi connectivity index (χ0v) is 12.0. The van der Waals surface area contributed by atoms with Gasteiger partial charge in [0, 0.05) is 18.4 Å². The van der Waals surface area contributed by atoms with Crippen LogP contribution in [-0.2, 0) is 17.7 Å². The Hall–Kier alpha value is -1.81. The van der Waals surface area contributed by atoms with Crippen molar-refractivity contribution in [3.63, 3.8) is 0 Å². The van der Waals surface area contributed by atoms with Gasteiger partial charge in [0.2, 0.25) is 0 Å². The van der Waals surface area contributed by atoms with Gasteiger partial charge in [-0.05, 0) is 31.4 Å². The predicted molar refractivity (Wildman–Crippen MR) is 77.9 cm³/mol. The Morgan fingerprint density at radius 2 is 2.10 bits per heavy atom. The molecule has 3 rings (SSSR count). The van der Waals surface area contributed by atoms with Crippen molar-refractivity contribution in [3.8, 4) is 0 Å². The lowest BCUT2D eigenvalue weighted by molar-refractivity contribution is 0.0298. The number of aromatic nitrogens is 2. The van der Waals surface area contributed by atoms with Crippen molar-refractivity contribution < 1.29 is 4.74 Å². The third-order valence-electron chi connectivity index (χ3n) is 3.89. The minimum atomic E-state index is -0.0272. The normalized spacial score (nSPS) is 18.2. The summed E-state index contributed by atoms with van der Waals surface area (Å²) in [4.78, 5) is 12.3. The van der Waals surface area contributed by atoms with Gasteiger partial charge < -0.3 is 4.74 Å². The van der Waals surface area contributed by atoms with Crippen LogP contribution in [-0.4, -0.2) is 15.7 Å². The number of hydrogen-bond acceptors (Lipinski definition) is 2. The molecule has 0 fully saturated rings. The Bertz CT molecular complexity index is 654. The van der Waals surface area contributed by atoms with Crippen LogP contribution < -0.4 is 5.69 Å². The summed E-state index contributed by atoms with van der Waals surface area (Å²) in [5.74, 6) is 0. The molecule has 1 aliphatic heterocycles. The lowest BCUT2D eigenvalue weighted by Gasteiger charge is -2.26. The number of imidazole rings is 1. The molecule has 4 heteroatoms. The highest BCUT2D eigenvalue weighted by Crippen LogP contribution is 2.27. The first-order chi connectivity index (χ1) is 9.66. The molecule has 1 unspecified atom stereocenters. The maximum Gasteiger partial charge on any atom is 0.328 e. The molecule has 0 radical (unpaired) electrons. The molecule has 106 valence electrons. The molecule has 0 amide bonds. The van der Waals surface area contributed by atoms with Crippen LogP contribution in [0.5, 0.6) is 0 Å². The van der Waals surface area contributed by atoms with Crippen LogP contribution in [0.4, 0.5) is 0 Å². The quantitative estimate of drug-likeness (QED) is 0.861. The Morgan fingerprint density at radius 3 is 2.85 bits per heavy atom. The summed E-state index contributed by atoms with van der Waals surface area (Å²) >= 11 is 0. The molecule has 0 saturated heterocycles. The number of nitrogens with zero attached hydrogens (tertiary/aromatic N) is 2. The van der Waals surface area contributed by atoms with Crippen molar-refractivity contribution in [1.29, 1.82) is 0 Å². The van der Waals surface area contributed by atoms with E-state index in [1.807, 2.05) is 32.3 Å². The highest BCUT2D eigenvalue weighted by atomic mass is 16.5. The summed E-state index contributed by atoms with van der Waals surface area (Å²) in [6.45, 7) is 5.33. The van der Waals surface area contributed by atoms with Crippen molar-refractivity contribution in [2.75, 3.05) is 6.61 Å². The van der Waals surface area contributed by atoms with Gasteiger partial charge in [0.05, 0.1) is 13.2 Å². The minimum absolute atomic E-state index is 0.0272. The third-order valence-corrected chi connectivity index (χ3v) is 3.89. The first-order valence-corrected chi connectivity index (χ1v) is 7.13. The Balaban J connectivity index is 1.88. The first kappa shape index (κ1) is 13.2. The van der Waals surface area contributed by atoms with Crippen molar-refractivity contribution >= 4 is 0 Å². The van der Waals surface area contributed by atoms with E-state index in [2.05, 4.69) is 18.2 Å². The summed E-state index contributed by atoms with van der Waals surface area (Å²) < 4.78 is 9.35. The van der Waals surface area contributed by atoms with Crippen molar-refractivity contribution in [3.05, 3.63) is 58.3 Å². The van der Waals surface area contributed by atoms with Gasteiger partial charge in [-0.25, -0.2) is 4.79 Å². The van der Waals surface area contributed by atoms with E-state index in [-0.39, 0.29) is 17.8 Å². The molecule has 0 spiro atoms. The number of rotatable bonds is 3. The first-order valence-electron chi connectivity index (χ1n) is 7.13. The van der Waals surface area contributed by atoms with Crippen LogP contribution in [0.25, 0.3) is 0 Å². The Morgan fingerprint density at radius 1 is 1.30 bits per heavy atom. The van der Waals surface area contributed by atoms with Gasteiger partial charge in [-0.1, -0.05) is 24.3 Å². The van der Waals surface area contributed by atoms with E-state index in [0.29, 0.717) is 6.54 Å². The van der Waals surface area contributed by atoms with E-state index in [1.54, 1.807) is 9.13 Å². The van der Waals surface area contributed by atoms with Gasteiger partial charge in [0.25, 0.3) is 0 Å². The number of benzene rings is 1. The molecular weight excluding hydrogens is 252 g/mol. The second kappa shape index (κ2) is 5.29. The van der Waals surface area contributed by atoms with Crippen LogP contribution in [0.3, 0.4) is 0 Å². The average molecular weight is 272 g/mol. The van der Waals surface area contributed by atoms with Crippen molar-refractivity contribution in [1.82, 2.24) is 9.13 Å². The smallest absolute Gasteiger partial charge is 0.328 e. The number of hydrogen-bond donors (Lipinski definition) is 0. The lowest BCUT2D eigenvalue weighted by atomic mass is 9.97. The summed E-state index contributed by atoms with van der Waals surface area (Å²) in [6.07, 6.45) is 4.62. The summed E-state index contributed by atoms with van der Waals surface area (Å²) in [6, 6.07) is 8.52. The van der Waals surface area contributed by atoms with Gasteiger partial charge in [-0.2, -0.15) is 0 Å². The molecule has 0 N–H and O–H groups in total. The SMILES string of the molecule is CC(C)n1ccn(CC2OCCc3ccccc32)c1=O. The van der Waals surface area contributed by atoms with Gasteiger partial charge >= 0.3 is 5.69 Å². The fraction of sp³-hybridized carbons (Fsp3) is 0.438. The predicted octanol–water partition coefficient (Wildman–Crippen LogP) is 2.54. The monoisotopic (exact) mass is 272 g/mol. The molecule has 1 atom stereocenters. The molecule has 0 aliphatic carbocycles. The molecular formula is C16H20N2O2. The molecule has 1 aliphatic rings. The van der Waals surface area contributed by atoms with E-state index in [1.165, 1.54) is 11.1 Å². The fourth-order valence-corrected chi connectivity index (χ4v) is 2.77. The fourth-order valence-electron chi connectivity index (χ4n) is 2.77. The molecule has 0 bridgehead atoms. The highest BCUT2D eigenvalue weighted by Gasteiger charge is 2.21. The maximum atomic E-state index is 12.3. The summed E-state index contributed by atoms with van der Waals surface area (Å²) in [7, 11) is 0. The second-order valence-electron chi connectivity index (χ2n) is 5.54. The Labute approximate surface area is 118 Å². The molecule has 2 aromatic rings. The average Bonchev–Trinajstić information content (AvgIpc) is 2.81. The van der Waals surface area contributed by atoms with Gasteiger partial charge in [-0.3, -0.25) is 9.13 Å². The molecule has 4 nitrogen and oxygen atoms in total. The Kier molecular flexibility index (Phi) is 3.49.